The SMILES string of the molecule is CC(C=O)N(C(=O)OC(C)(C)C)c1ccc(Cl)cc1. The zero-order valence-electron chi connectivity index (χ0n) is 11.5. The smallest absolute Gasteiger partial charge is 0.415 e. The predicted octanol–water partition coefficient (Wildman–Crippen LogP) is 3.67. The van der Waals surface area contributed by atoms with Gasteiger partial charge in [-0.2, -0.15) is 0 Å². The number of hydrogen-bond donors (Lipinski definition) is 0. The molecule has 0 N–H and O–H groups in total. The molecule has 1 unspecified atom stereocenters. The number of anilines is 1. The molecule has 0 aliphatic rings. The molecule has 0 saturated carbocycles. The lowest BCUT2D eigenvalue weighted by molar-refractivity contribution is -0.108. The van der Waals surface area contributed by atoms with Crippen LogP contribution in [-0.2, 0) is 9.53 Å². The van der Waals surface area contributed by atoms with Gasteiger partial charge in [0, 0.05) is 10.7 Å². The zero-order chi connectivity index (χ0) is 14.6. The van der Waals surface area contributed by atoms with Crippen LogP contribution in [0.3, 0.4) is 0 Å². The lowest BCUT2D eigenvalue weighted by Gasteiger charge is -2.29. The van der Waals surface area contributed by atoms with Gasteiger partial charge in [0.1, 0.15) is 11.9 Å². The van der Waals surface area contributed by atoms with E-state index in [9.17, 15) is 9.59 Å². The monoisotopic (exact) mass is 283 g/mol. The summed E-state index contributed by atoms with van der Waals surface area (Å²) in [4.78, 5) is 24.4. The minimum absolute atomic E-state index is 0.561. The Balaban J connectivity index is 3.05. The van der Waals surface area contributed by atoms with Crippen molar-refractivity contribution in [1.82, 2.24) is 0 Å². The van der Waals surface area contributed by atoms with Crippen molar-refractivity contribution >= 4 is 29.7 Å². The van der Waals surface area contributed by atoms with Crippen LogP contribution in [0.1, 0.15) is 27.7 Å². The van der Waals surface area contributed by atoms with E-state index in [2.05, 4.69) is 0 Å². The third kappa shape index (κ3) is 4.56. The van der Waals surface area contributed by atoms with Crippen LogP contribution in [0.4, 0.5) is 10.5 Å². The van der Waals surface area contributed by atoms with E-state index in [1.54, 1.807) is 52.0 Å². The van der Waals surface area contributed by atoms with Crippen molar-refractivity contribution < 1.29 is 14.3 Å². The first-order valence-electron chi connectivity index (χ1n) is 5.97. The molecule has 0 saturated heterocycles. The Labute approximate surface area is 118 Å². The fourth-order valence-electron chi connectivity index (χ4n) is 1.48. The molecule has 1 aromatic carbocycles. The number of benzene rings is 1. The molecule has 1 rings (SSSR count). The van der Waals surface area contributed by atoms with E-state index in [1.165, 1.54) is 4.90 Å². The first-order chi connectivity index (χ1) is 8.74. The summed E-state index contributed by atoms with van der Waals surface area (Å²) in [6.45, 7) is 6.95. The fourth-order valence-corrected chi connectivity index (χ4v) is 1.61. The van der Waals surface area contributed by atoms with Crippen LogP contribution in [-0.4, -0.2) is 24.0 Å². The highest BCUT2D eigenvalue weighted by atomic mass is 35.5. The van der Waals surface area contributed by atoms with Gasteiger partial charge in [0.25, 0.3) is 0 Å². The number of carbonyl (C=O) groups is 2. The number of halogens is 1. The molecular formula is C14H18ClNO3. The highest BCUT2D eigenvalue weighted by Crippen LogP contribution is 2.22. The Bertz CT molecular complexity index is 451. The molecule has 0 radical (unpaired) electrons. The number of aldehydes is 1. The number of rotatable bonds is 3. The molecule has 1 atom stereocenters. The van der Waals surface area contributed by atoms with Gasteiger partial charge in [-0.1, -0.05) is 11.6 Å². The third-order valence-corrected chi connectivity index (χ3v) is 2.55. The summed E-state index contributed by atoms with van der Waals surface area (Å²) in [6.07, 6.45) is 0.132. The number of ether oxygens (including phenoxy) is 1. The summed E-state index contributed by atoms with van der Waals surface area (Å²) in [5.74, 6) is 0. The second-order valence-corrected chi connectivity index (χ2v) is 5.64. The van der Waals surface area contributed by atoms with E-state index in [1.807, 2.05) is 0 Å². The molecule has 0 heterocycles. The third-order valence-electron chi connectivity index (χ3n) is 2.30. The van der Waals surface area contributed by atoms with Crippen molar-refractivity contribution in [3.63, 3.8) is 0 Å². The maximum Gasteiger partial charge on any atom is 0.415 e. The van der Waals surface area contributed by atoms with Crippen molar-refractivity contribution in [3.05, 3.63) is 29.3 Å². The molecule has 0 aliphatic carbocycles. The Morgan fingerprint density at radius 3 is 2.26 bits per heavy atom. The zero-order valence-corrected chi connectivity index (χ0v) is 12.3. The lowest BCUT2D eigenvalue weighted by atomic mass is 10.2. The summed E-state index contributed by atoms with van der Waals surface area (Å²) >= 11 is 5.81. The molecule has 5 heteroatoms. The van der Waals surface area contributed by atoms with E-state index < -0.39 is 17.7 Å². The quantitative estimate of drug-likeness (QED) is 0.795. The molecule has 1 aromatic rings. The summed E-state index contributed by atoms with van der Waals surface area (Å²) in [7, 11) is 0. The topological polar surface area (TPSA) is 46.6 Å². The predicted molar refractivity (Wildman–Crippen MR) is 75.7 cm³/mol. The average molecular weight is 284 g/mol. The number of hydrogen-bond acceptors (Lipinski definition) is 3. The van der Waals surface area contributed by atoms with Crippen LogP contribution in [0.5, 0.6) is 0 Å². The number of nitrogens with zero attached hydrogens (tertiary/aromatic N) is 1. The summed E-state index contributed by atoms with van der Waals surface area (Å²) in [5, 5.41) is 0.562. The van der Waals surface area contributed by atoms with Crippen molar-refractivity contribution in [3.8, 4) is 0 Å². The minimum Gasteiger partial charge on any atom is -0.443 e. The van der Waals surface area contributed by atoms with Gasteiger partial charge in [-0.15, -0.1) is 0 Å². The van der Waals surface area contributed by atoms with Crippen LogP contribution in [0.15, 0.2) is 24.3 Å². The average Bonchev–Trinajstić information content (AvgIpc) is 2.29. The first kappa shape index (κ1) is 15.5. The lowest BCUT2D eigenvalue weighted by Crippen LogP contribution is -2.43. The molecule has 19 heavy (non-hydrogen) atoms. The van der Waals surface area contributed by atoms with E-state index in [-0.39, 0.29) is 0 Å². The van der Waals surface area contributed by atoms with Crippen LogP contribution >= 0.6 is 11.6 Å². The van der Waals surface area contributed by atoms with Gasteiger partial charge in [0.2, 0.25) is 0 Å². The van der Waals surface area contributed by atoms with Crippen molar-refractivity contribution in [2.45, 2.75) is 39.3 Å². The molecule has 4 nitrogen and oxygen atoms in total. The summed E-state index contributed by atoms with van der Waals surface area (Å²) < 4.78 is 5.30. The molecule has 0 bridgehead atoms. The van der Waals surface area contributed by atoms with Gasteiger partial charge in [0.05, 0.1) is 6.04 Å². The van der Waals surface area contributed by atoms with Gasteiger partial charge in [0.15, 0.2) is 0 Å². The van der Waals surface area contributed by atoms with E-state index in [4.69, 9.17) is 16.3 Å². The summed E-state index contributed by atoms with van der Waals surface area (Å²) in [6, 6.07) is 6.05. The standard InChI is InChI=1S/C14H18ClNO3/c1-10(9-17)16(13(18)19-14(2,3)4)12-7-5-11(15)6-8-12/h5-10H,1-4H3. The first-order valence-corrected chi connectivity index (χ1v) is 6.35. The normalized spacial score (nSPS) is 12.7. The van der Waals surface area contributed by atoms with Gasteiger partial charge in [-0.25, -0.2) is 4.79 Å². The molecule has 0 aromatic heterocycles. The Morgan fingerprint density at radius 2 is 1.84 bits per heavy atom. The van der Waals surface area contributed by atoms with Gasteiger partial charge in [-0.05, 0) is 52.0 Å². The van der Waals surface area contributed by atoms with Crippen molar-refractivity contribution in [1.29, 1.82) is 0 Å². The van der Waals surface area contributed by atoms with Crippen LogP contribution in [0.2, 0.25) is 5.02 Å². The van der Waals surface area contributed by atoms with Gasteiger partial charge in [-0.3, -0.25) is 4.90 Å². The second-order valence-electron chi connectivity index (χ2n) is 5.20. The highest BCUT2D eigenvalue weighted by molar-refractivity contribution is 6.30. The van der Waals surface area contributed by atoms with E-state index in [0.29, 0.717) is 17.0 Å². The van der Waals surface area contributed by atoms with E-state index in [0.717, 1.165) is 0 Å². The van der Waals surface area contributed by atoms with Gasteiger partial charge < -0.3 is 9.53 Å². The largest absolute Gasteiger partial charge is 0.443 e. The molecule has 1 amide bonds. The fraction of sp³-hybridized carbons (Fsp3) is 0.429. The number of carbonyl (C=O) groups excluding carboxylic acids is 2. The van der Waals surface area contributed by atoms with E-state index >= 15 is 0 Å². The maximum atomic E-state index is 12.2. The second kappa shape index (κ2) is 6.06. The van der Waals surface area contributed by atoms with Crippen LogP contribution in [0, 0.1) is 0 Å². The Kier molecular flexibility index (Phi) is 4.95. The maximum absolute atomic E-state index is 12.2. The molecule has 0 aliphatic heterocycles. The Hall–Kier alpha value is -1.55. The molecule has 0 fully saturated rings. The van der Waals surface area contributed by atoms with Crippen molar-refractivity contribution in [2.24, 2.45) is 0 Å². The van der Waals surface area contributed by atoms with Gasteiger partial charge >= 0.3 is 6.09 Å². The Morgan fingerprint density at radius 1 is 1.32 bits per heavy atom. The van der Waals surface area contributed by atoms with Crippen LogP contribution in [0.25, 0.3) is 0 Å². The summed E-state index contributed by atoms with van der Waals surface area (Å²) in [5.41, 5.74) is -0.0528. The molecule has 0 spiro atoms. The minimum atomic E-state index is -0.621. The molecular weight excluding hydrogens is 266 g/mol. The molecule has 104 valence electrons. The number of amides is 1. The highest BCUT2D eigenvalue weighted by Gasteiger charge is 2.27. The van der Waals surface area contributed by atoms with Crippen molar-refractivity contribution in [2.75, 3.05) is 4.90 Å². The van der Waals surface area contributed by atoms with Crippen LogP contribution < -0.4 is 4.90 Å².